The molecule has 12 atom stereocenters. The van der Waals surface area contributed by atoms with Crippen molar-refractivity contribution in [2.24, 2.45) is 56.7 Å². The lowest BCUT2D eigenvalue weighted by Gasteiger charge is -2.74. The number of fused-ring (bicyclic) bond motifs is 7. The van der Waals surface area contributed by atoms with Gasteiger partial charge in [-0.15, -0.1) is 0 Å². The van der Waals surface area contributed by atoms with Crippen LogP contribution in [0, 0.1) is 56.7 Å². The summed E-state index contributed by atoms with van der Waals surface area (Å²) in [6.07, 6.45) is 9.76. The van der Waals surface area contributed by atoms with Gasteiger partial charge in [-0.1, -0.05) is 60.1 Å². The number of rotatable bonds is 1. The van der Waals surface area contributed by atoms with Gasteiger partial charge in [0.2, 0.25) is 0 Å². The molecule has 0 bridgehead atoms. The standard InChI is InChI=1S/C31H52O3/c1-18-16-25(34-9)31(8)24(33)17-30(7)20(26(31)19(18)2)10-11-22-28(5)14-13-23(32)27(3,4)21(28)12-15-29(22,30)6/h16,19-26,32-33H,10-15,17H2,1-9H3. The number of hydrogen-bond acceptors (Lipinski definition) is 3. The molecule has 34 heavy (non-hydrogen) atoms. The lowest BCUT2D eigenvalue weighted by Crippen LogP contribution is -2.70. The first kappa shape index (κ1) is 25.3. The number of hydrogen-bond donors (Lipinski definition) is 2. The molecular formula is C31H52O3. The van der Waals surface area contributed by atoms with E-state index in [0.717, 1.165) is 19.3 Å². The van der Waals surface area contributed by atoms with Crippen LogP contribution in [0.15, 0.2) is 11.6 Å². The molecule has 0 aromatic heterocycles. The van der Waals surface area contributed by atoms with E-state index >= 15 is 0 Å². The van der Waals surface area contributed by atoms with Gasteiger partial charge in [-0.3, -0.25) is 0 Å². The molecule has 3 nitrogen and oxygen atoms in total. The number of ether oxygens (including phenoxy) is 1. The highest BCUT2D eigenvalue weighted by Crippen LogP contribution is 2.76. The maximum Gasteiger partial charge on any atom is 0.0835 e. The van der Waals surface area contributed by atoms with Crippen LogP contribution >= 0.6 is 0 Å². The summed E-state index contributed by atoms with van der Waals surface area (Å²) in [5.41, 5.74) is 1.83. The average Bonchev–Trinajstić information content (AvgIpc) is 2.75. The zero-order valence-electron chi connectivity index (χ0n) is 23.4. The van der Waals surface area contributed by atoms with Gasteiger partial charge in [-0.25, -0.2) is 0 Å². The molecule has 2 N–H and O–H groups in total. The van der Waals surface area contributed by atoms with Crippen molar-refractivity contribution in [1.29, 1.82) is 0 Å². The SMILES string of the molecule is COC1C=C(C)C(C)C2C3CCC4C5(C)CCC(O)C(C)(C)C5CCC4(C)C3(C)CC(O)C12C. The molecule has 4 fully saturated rings. The summed E-state index contributed by atoms with van der Waals surface area (Å²) in [5, 5.41) is 22.9. The fraction of sp³-hybridized carbons (Fsp3) is 0.935. The molecule has 5 aliphatic rings. The minimum Gasteiger partial charge on any atom is -0.393 e. The van der Waals surface area contributed by atoms with E-state index in [9.17, 15) is 10.2 Å². The first-order valence-corrected chi connectivity index (χ1v) is 14.3. The summed E-state index contributed by atoms with van der Waals surface area (Å²) in [5.74, 6) is 2.78. The van der Waals surface area contributed by atoms with Crippen LogP contribution in [0.25, 0.3) is 0 Å². The molecule has 3 heteroatoms. The molecule has 0 amide bonds. The quantitative estimate of drug-likeness (QED) is 0.422. The van der Waals surface area contributed by atoms with Crippen LogP contribution in [0.4, 0.5) is 0 Å². The summed E-state index contributed by atoms with van der Waals surface area (Å²) in [6.45, 7) is 19.4. The van der Waals surface area contributed by atoms with Gasteiger partial charge in [0, 0.05) is 12.5 Å². The molecule has 5 rings (SSSR count). The van der Waals surface area contributed by atoms with Crippen LogP contribution in [0.2, 0.25) is 0 Å². The predicted octanol–water partition coefficient (Wildman–Crippen LogP) is 6.62. The van der Waals surface area contributed by atoms with E-state index in [1.165, 1.54) is 31.3 Å². The van der Waals surface area contributed by atoms with Crippen LogP contribution in [0.1, 0.15) is 100 Å². The smallest absolute Gasteiger partial charge is 0.0835 e. The molecule has 0 saturated heterocycles. The van der Waals surface area contributed by atoms with Gasteiger partial charge < -0.3 is 14.9 Å². The van der Waals surface area contributed by atoms with Gasteiger partial charge in [0.05, 0.1) is 18.3 Å². The molecule has 5 aliphatic carbocycles. The molecule has 0 aromatic carbocycles. The third kappa shape index (κ3) is 2.82. The van der Waals surface area contributed by atoms with Crippen molar-refractivity contribution in [2.45, 2.75) is 119 Å². The van der Waals surface area contributed by atoms with Crippen molar-refractivity contribution in [3.63, 3.8) is 0 Å². The van der Waals surface area contributed by atoms with E-state index in [2.05, 4.69) is 61.5 Å². The molecule has 0 heterocycles. The molecule has 194 valence electrons. The predicted molar refractivity (Wildman–Crippen MR) is 138 cm³/mol. The minimum atomic E-state index is -0.346. The summed E-state index contributed by atoms with van der Waals surface area (Å²) in [4.78, 5) is 0. The number of aliphatic hydroxyl groups excluding tert-OH is 2. The topological polar surface area (TPSA) is 49.7 Å². The zero-order chi connectivity index (χ0) is 25.1. The second kappa shape index (κ2) is 7.57. The van der Waals surface area contributed by atoms with Gasteiger partial charge >= 0.3 is 0 Å². The van der Waals surface area contributed by atoms with E-state index in [1.54, 1.807) is 0 Å². The van der Waals surface area contributed by atoms with Gasteiger partial charge in [-0.05, 0) is 103 Å². The van der Waals surface area contributed by atoms with Crippen molar-refractivity contribution < 1.29 is 14.9 Å². The Labute approximate surface area is 209 Å². The van der Waals surface area contributed by atoms with E-state index in [0.29, 0.717) is 29.6 Å². The highest BCUT2D eigenvalue weighted by Gasteiger charge is 2.72. The summed E-state index contributed by atoms with van der Waals surface area (Å²) in [7, 11) is 1.83. The number of aliphatic hydroxyl groups is 2. The Kier molecular flexibility index (Phi) is 5.63. The van der Waals surface area contributed by atoms with Crippen molar-refractivity contribution in [2.75, 3.05) is 7.11 Å². The zero-order valence-corrected chi connectivity index (χ0v) is 23.4. The monoisotopic (exact) mass is 472 g/mol. The second-order valence-corrected chi connectivity index (χ2v) is 15.0. The maximum absolute atomic E-state index is 12.0. The van der Waals surface area contributed by atoms with E-state index in [4.69, 9.17) is 4.74 Å². The number of methoxy groups -OCH3 is 1. The van der Waals surface area contributed by atoms with Crippen molar-refractivity contribution in [3.8, 4) is 0 Å². The number of allylic oxidation sites excluding steroid dienone is 1. The molecule has 0 spiro atoms. The molecular weight excluding hydrogens is 420 g/mol. The van der Waals surface area contributed by atoms with Crippen LogP contribution < -0.4 is 0 Å². The van der Waals surface area contributed by atoms with Crippen molar-refractivity contribution in [1.82, 2.24) is 0 Å². The lowest BCUT2D eigenvalue weighted by atomic mass is 9.31. The molecule has 0 aliphatic heterocycles. The minimum absolute atomic E-state index is 0.00679. The highest BCUT2D eigenvalue weighted by molar-refractivity contribution is 5.26. The molecule has 12 unspecified atom stereocenters. The Bertz CT molecular complexity index is 863. The lowest BCUT2D eigenvalue weighted by molar-refractivity contribution is -0.277. The van der Waals surface area contributed by atoms with E-state index in [-0.39, 0.29) is 45.4 Å². The fourth-order valence-corrected chi connectivity index (χ4v) is 11.6. The van der Waals surface area contributed by atoms with Gasteiger partial charge in [0.1, 0.15) is 0 Å². The third-order valence-corrected chi connectivity index (χ3v) is 13.9. The normalized spacial score (nSPS) is 58.6. The van der Waals surface area contributed by atoms with Gasteiger partial charge in [-0.2, -0.15) is 0 Å². The molecule has 0 aromatic rings. The summed E-state index contributed by atoms with van der Waals surface area (Å²) >= 11 is 0. The van der Waals surface area contributed by atoms with Crippen LogP contribution in [-0.4, -0.2) is 35.6 Å². The Morgan fingerprint density at radius 3 is 2.18 bits per heavy atom. The van der Waals surface area contributed by atoms with Crippen molar-refractivity contribution in [3.05, 3.63) is 11.6 Å². The van der Waals surface area contributed by atoms with Gasteiger partial charge in [0.15, 0.2) is 0 Å². The summed E-state index contributed by atoms with van der Waals surface area (Å²) < 4.78 is 6.06. The molecule has 4 saturated carbocycles. The first-order chi connectivity index (χ1) is 15.7. The Balaban J connectivity index is 1.59. The fourth-order valence-electron chi connectivity index (χ4n) is 11.6. The Morgan fingerprint density at radius 2 is 1.53 bits per heavy atom. The van der Waals surface area contributed by atoms with Crippen molar-refractivity contribution >= 4 is 0 Å². The highest BCUT2D eigenvalue weighted by atomic mass is 16.5. The second-order valence-electron chi connectivity index (χ2n) is 15.0. The van der Waals surface area contributed by atoms with E-state index in [1.807, 2.05) is 7.11 Å². The Hall–Kier alpha value is -0.380. The van der Waals surface area contributed by atoms with Gasteiger partial charge in [0.25, 0.3) is 0 Å². The average molecular weight is 473 g/mol. The van der Waals surface area contributed by atoms with E-state index < -0.39 is 0 Å². The first-order valence-electron chi connectivity index (χ1n) is 14.3. The molecule has 0 radical (unpaired) electrons. The largest absolute Gasteiger partial charge is 0.393 e. The maximum atomic E-state index is 12.0. The third-order valence-electron chi connectivity index (χ3n) is 13.9. The van der Waals surface area contributed by atoms with Crippen LogP contribution in [-0.2, 0) is 4.74 Å². The van der Waals surface area contributed by atoms with Crippen LogP contribution in [0.5, 0.6) is 0 Å². The van der Waals surface area contributed by atoms with Crippen LogP contribution in [0.3, 0.4) is 0 Å². The Morgan fingerprint density at radius 1 is 0.853 bits per heavy atom. The summed E-state index contributed by atoms with van der Waals surface area (Å²) in [6, 6.07) is 0.